The summed E-state index contributed by atoms with van der Waals surface area (Å²) in [5.74, 6) is 0.0159. The summed E-state index contributed by atoms with van der Waals surface area (Å²) in [6.07, 6.45) is 0.897. The number of carbonyl (C=O) groups is 1. The number of nitrogens with zero attached hydrogens (tertiary/aromatic N) is 3. The lowest BCUT2D eigenvalue weighted by Crippen LogP contribution is -2.39. The standard InChI is InChI=1S/C20H29N5O.2ClH/c1-3-24(4-2)12-13-25(15-16-8-6-5-7-9-16)20(26)19-17-14-21-11-10-18(17)22-23-19;;/h5-9,21H,3-4,10-15H2,1-2H3,(H,22,23);2*1H. The van der Waals surface area contributed by atoms with E-state index in [-0.39, 0.29) is 30.7 Å². The Bertz CT molecular complexity index is 719. The predicted molar refractivity (Wildman–Crippen MR) is 117 cm³/mol. The summed E-state index contributed by atoms with van der Waals surface area (Å²) in [5, 5.41) is 10.8. The lowest BCUT2D eigenvalue weighted by atomic mass is 10.1. The van der Waals surface area contributed by atoms with Crippen LogP contribution >= 0.6 is 24.8 Å². The molecular weight excluding hydrogens is 397 g/mol. The molecule has 2 aromatic rings. The van der Waals surface area contributed by atoms with E-state index in [0.717, 1.165) is 49.4 Å². The fraction of sp³-hybridized carbons (Fsp3) is 0.500. The molecule has 0 aliphatic carbocycles. The molecule has 0 atom stereocenters. The van der Waals surface area contributed by atoms with E-state index in [4.69, 9.17) is 0 Å². The molecule has 0 bridgehead atoms. The van der Waals surface area contributed by atoms with E-state index < -0.39 is 0 Å². The third-order valence-electron chi connectivity index (χ3n) is 5.09. The molecule has 28 heavy (non-hydrogen) atoms. The molecule has 0 saturated carbocycles. The molecule has 2 heterocycles. The molecule has 0 saturated heterocycles. The van der Waals surface area contributed by atoms with Gasteiger partial charge in [0, 0.05) is 50.4 Å². The first kappa shape index (κ1) is 24.4. The highest BCUT2D eigenvalue weighted by Crippen LogP contribution is 2.18. The third kappa shape index (κ3) is 5.95. The summed E-state index contributed by atoms with van der Waals surface area (Å²) in [6.45, 7) is 10.1. The Balaban J connectivity index is 0.00000196. The maximum Gasteiger partial charge on any atom is 0.275 e. The monoisotopic (exact) mass is 427 g/mol. The van der Waals surface area contributed by atoms with Gasteiger partial charge in [0.25, 0.3) is 5.91 Å². The number of carbonyl (C=O) groups excluding carboxylic acids is 1. The average Bonchev–Trinajstić information content (AvgIpc) is 3.12. The molecule has 2 N–H and O–H groups in total. The minimum Gasteiger partial charge on any atom is -0.332 e. The molecule has 1 amide bonds. The number of benzene rings is 1. The van der Waals surface area contributed by atoms with Crippen LogP contribution in [0.25, 0.3) is 0 Å². The van der Waals surface area contributed by atoms with Gasteiger partial charge in [-0.25, -0.2) is 0 Å². The van der Waals surface area contributed by atoms with E-state index >= 15 is 0 Å². The number of halogens is 2. The van der Waals surface area contributed by atoms with E-state index in [1.165, 1.54) is 0 Å². The van der Waals surface area contributed by atoms with Gasteiger partial charge < -0.3 is 15.1 Å². The van der Waals surface area contributed by atoms with Gasteiger partial charge in [-0.3, -0.25) is 9.89 Å². The van der Waals surface area contributed by atoms with Gasteiger partial charge in [0.1, 0.15) is 0 Å². The number of aromatic nitrogens is 2. The highest BCUT2D eigenvalue weighted by atomic mass is 35.5. The van der Waals surface area contributed by atoms with Crippen molar-refractivity contribution in [3.63, 3.8) is 0 Å². The zero-order chi connectivity index (χ0) is 18.4. The molecule has 1 aliphatic heterocycles. The quantitative estimate of drug-likeness (QED) is 0.679. The van der Waals surface area contributed by atoms with E-state index in [2.05, 4.69) is 46.4 Å². The van der Waals surface area contributed by atoms with E-state index in [0.29, 0.717) is 25.3 Å². The molecule has 0 unspecified atom stereocenters. The number of amides is 1. The topological polar surface area (TPSA) is 64.3 Å². The SMILES string of the molecule is CCN(CC)CCN(Cc1ccccc1)C(=O)c1n[nH]c2c1CNCC2.Cl.Cl. The fourth-order valence-corrected chi connectivity index (χ4v) is 3.41. The Morgan fingerprint density at radius 3 is 2.50 bits per heavy atom. The van der Waals surface area contributed by atoms with Crippen molar-refractivity contribution >= 4 is 30.7 Å². The smallest absolute Gasteiger partial charge is 0.275 e. The molecule has 0 spiro atoms. The number of hydrogen-bond donors (Lipinski definition) is 2. The summed E-state index contributed by atoms with van der Waals surface area (Å²) in [4.78, 5) is 17.5. The van der Waals surface area contributed by atoms with Crippen molar-refractivity contribution in [2.24, 2.45) is 0 Å². The minimum absolute atomic E-state index is 0. The molecule has 6 nitrogen and oxygen atoms in total. The Morgan fingerprint density at radius 1 is 1.11 bits per heavy atom. The molecule has 0 fully saturated rings. The Morgan fingerprint density at radius 2 is 1.82 bits per heavy atom. The second-order valence-electron chi connectivity index (χ2n) is 6.70. The average molecular weight is 428 g/mol. The number of fused-ring (bicyclic) bond motifs is 1. The van der Waals surface area contributed by atoms with Crippen molar-refractivity contribution in [1.29, 1.82) is 0 Å². The number of aromatic amines is 1. The number of rotatable bonds is 8. The van der Waals surface area contributed by atoms with Gasteiger partial charge in [0.2, 0.25) is 0 Å². The predicted octanol–water partition coefficient (Wildman–Crippen LogP) is 2.88. The molecule has 1 aromatic heterocycles. The normalized spacial score (nSPS) is 12.7. The van der Waals surface area contributed by atoms with Crippen LogP contribution in [0.1, 0.15) is 41.2 Å². The van der Waals surface area contributed by atoms with Crippen molar-refractivity contribution in [3.8, 4) is 0 Å². The second-order valence-corrected chi connectivity index (χ2v) is 6.70. The molecule has 3 rings (SSSR count). The van der Waals surface area contributed by atoms with Gasteiger partial charge in [0.05, 0.1) is 0 Å². The number of H-pyrrole nitrogens is 1. The van der Waals surface area contributed by atoms with Crippen LogP contribution in [-0.2, 0) is 19.5 Å². The van der Waals surface area contributed by atoms with Crippen LogP contribution in [-0.4, -0.2) is 58.6 Å². The van der Waals surface area contributed by atoms with Gasteiger partial charge in [-0.05, 0) is 18.7 Å². The summed E-state index contributed by atoms with van der Waals surface area (Å²) in [5.41, 5.74) is 3.84. The van der Waals surface area contributed by atoms with Crippen LogP contribution in [0.3, 0.4) is 0 Å². The fourth-order valence-electron chi connectivity index (χ4n) is 3.41. The summed E-state index contributed by atoms with van der Waals surface area (Å²) in [6, 6.07) is 10.2. The maximum atomic E-state index is 13.3. The zero-order valence-electron chi connectivity index (χ0n) is 16.6. The Labute approximate surface area is 179 Å². The highest BCUT2D eigenvalue weighted by Gasteiger charge is 2.25. The van der Waals surface area contributed by atoms with E-state index in [1.54, 1.807) is 0 Å². The van der Waals surface area contributed by atoms with Gasteiger partial charge in [0.15, 0.2) is 5.69 Å². The van der Waals surface area contributed by atoms with Crippen LogP contribution in [0.4, 0.5) is 0 Å². The Kier molecular flexibility index (Phi) is 10.5. The summed E-state index contributed by atoms with van der Waals surface area (Å²) >= 11 is 0. The van der Waals surface area contributed by atoms with Crippen molar-refractivity contribution in [2.45, 2.75) is 33.4 Å². The number of nitrogens with one attached hydrogen (secondary N) is 2. The van der Waals surface area contributed by atoms with Crippen LogP contribution < -0.4 is 5.32 Å². The first-order valence-corrected chi connectivity index (χ1v) is 9.55. The number of hydrogen-bond acceptors (Lipinski definition) is 4. The molecular formula is C20H31Cl2N5O. The number of likely N-dealkylation sites (N-methyl/N-ethyl adjacent to an activating group) is 1. The van der Waals surface area contributed by atoms with Crippen molar-refractivity contribution in [1.82, 2.24) is 25.3 Å². The lowest BCUT2D eigenvalue weighted by molar-refractivity contribution is 0.0716. The largest absolute Gasteiger partial charge is 0.332 e. The van der Waals surface area contributed by atoms with Gasteiger partial charge in [-0.15, -0.1) is 24.8 Å². The lowest BCUT2D eigenvalue weighted by Gasteiger charge is -2.26. The summed E-state index contributed by atoms with van der Waals surface area (Å²) < 4.78 is 0. The van der Waals surface area contributed by atoms with Crippen LogP contribution in [0.5, 0.6) is 0 Å². The third-order valence-corrected chi connectivity index (χ3v) is 5.09. The molecule has 8 heteroatoms. The van der Waals surface area contributed by atoms with E-state index in [9.17, 15) is 4.79 Å². The van der Waals surface area contributed by atoms with Crippen molar-refractivity contribution in [2.75, 3.05) is 32.7 Å². The first-order valence-electron chi connectivity index (χ1n) is 9.55. The zero-order valence-corrected chi connectivity index (χ0v) is 18.2. The van der Waals surface area contributed by atoms with Crippen LogP contribution in [0.15, 0.2) is 30.3 Å². The van der Waals surface area contributed by atoms with Gasteiger partial charge in [-0.2, -0.15) is 5.10 Å². The molecule has 0 radical (unpaired) electrons. The first-order chi connectivity index (χ1) is 12.7. The second kappa shape index (κ2) is 12.1. The highest BCUT2D eigenvalue weighted by molar-refractivity contribution is 5.94. The molecule has 1 aliphatic rings. The van der Waals surface area contributed by atoms with Crippen LogP contribution in [0, 0.1) is 0 Å². The summed E-state index contributed by atoms with van der Waals surface area (Å²) in [7, 11) is 0. The molecule has 156 valence electrons. The van der Waals surface area contributed by atoms with Gasteiger partial charge in [-0.1, -0.05) is 44.2 Å². The van der Waals surface area contributed by atoms with Crippen LogP contribution in [0.2, 0.25) is 0 Å². The van der Waals surface area contributed by atoms with Gasteiger partial charge >= 0.3 is 0 Å². The maximum absolute atomic E-state index is 13.3. The van der Waals surface area contributed by atoms with Crippen molar-refractivity contribution < 1.29 is 4.79 Å². The molecule has 1 aromatic carbocycles. The minimum atomic E-state index is 0. The van der Waals surface area contributed by atoms with Crippen molar-refractivity contribution in [3.05, 3.63) is 52.8 Å². The Hall–Kier alpha value is -1.60. The van der Waals surface area contributed by atoms with E-state index in [1.807, 2.05) is 23.1 Å².